The fraction of sp³-hybridized carbons (Fsp3) is 0.467. The van der Waals surface area contributed by atoms with Crippen molar-refractivity contribution in [1.29, 1.82) is 0 Å². The summed E-state index contributed by atoms with van der Waals surface area (Å²) >= 11 is 0. The van der Waals surface area contributed by atoms with Crippen molar-refractivity contribution in [2.45, 2.75) is 38.1 Å². The van der Waals surface area contributed by atoms with Crippen LogP contribution < -0.4 is 5.32 Å². The predicted octanol–water partition coefficient (Wildman–Crippen LogP) is 1.49. The highest BCUT2D eigenvalue weighted by molar-refractivity contribution is 5.97. The van der Waals surface area contributed by atoms with Gasteiger partial charge in [0.05, 0.1) is 11.1 Å². The van der Waals surface area contributed by atoms with E-state index in [0.717, 1.165) is 25.7 Å². The van der Waals surface area contributed by atoms with Crippen molar-refractivity contribution in [1.82, 2.24) is 10.3 Å². The van der Waals surface area contributed by atoms with Crippen molar-refractivity contribution in [3.05, 3.63) is 29.6 Å². The second-order valence-electron chi connectivity index (χ2n) is 5.10. The molecule has 1 aliphatic carbocycles. The lowest BCUT2D eigenvalue weighted by Gasteiger charge is -2.25. The zero-order chi connectivity index (χ0) is 13.7. The van der Waals surface area contributed by atoms with E-state index in [-0.39, 0.29) is 18.1 Å². The van der Waals surface area contributed by atoms with Gasteiger partial charge >= 0.3 is 0 Å². The Morgan fingerprint density at radius 2 is 2.26 bits per heavy atom. The maximum Gasteiger partial charge on any atom is 0.253 e. The Balaban J connectivity index is 2.19. The highest BCUT2D eigenvalue weighted by atomic mass is 16.2. The van der Waals surface area contributed by atoms with Crippen LogP contribution in [0.1, 0.15) is 48.5 Å². The lowest BCUT2D eigenvalue weighted by molar-refractivity contribution is 0.0907. The minimum atomic E-state index is -0.229. The van der Waals surface area contributed by atoms with Crippen LogP contribution in [0.4, 0.5) is 0 Å². The van der Waals surface area contributed by atoms with E-state index in [1.54, 1.807) is 18.5 Å². The fourth-order valence-electron chi connectivity index (χ4n) is 2.45. The van der Waals surface area contributed by atoms with Gasteiger partial charge in [0.25, 0.3) is 5.91 Å². The molecule has 0 atom stereocenters. The van der Waals surface area contributed by atoms with E-state index in [0.29, 0.717) is 11.1 Å². The summed E-state index contributed by atoms with van der Waals surface area (Å²) in [7, 11) is 0. The molecule has 0 radical (unpaired) electrons. The monoisotopic (exact) mass is 258 g/mol. The molecule has 0 aliphatic heterocycles. The summed E-state index contributed by atoms with van der Waals surface area (Å²) in [5, 5.41) is 11.8. The fourth-order valence-corrected chi connectivity index (χ4v) is 2.45. The van der Waals surface area contributed by atoms with E-state index in [1.165, 1.54) is 0 Å². The van der Waals surface area contributed by atoms with Gasteiger partial charge in [-0.2, -0.15) is 0 Å². The molecule has 1 aromatic heterocycles. The molecule has 100 valence electrons. The van der Waals surface area contributed by atoms with Crippen molar-refractivity contribution < 1.29 is 9.90 Å². The summed E-state index contributed by atoms with van der Waals surface area (Å²) in [6.07, 6.45) is 7.47. The number of nitrogens with one attached hydrogen (secondary N) is 1. The van der Waals surface area contributed by atoms with E-state index in [1.807, 2.05) is 0 Å². The van der Waals surface area contributed by atoms with E-state index in [9.17, 15) is 4.79 Å². The molecule has 0 spiro atoms. The first-order valence-electron chi connectivity index (χ1n) is 6.51. The minimum absolute atomic E-state index is 0.109. The Hall–Kier alpha value is -1.86. The number of aliphatic hydroxyl groups excluding tert-OH is 1. The number of carbonyl (C=O) groups is 1. The molecule has 0 unspecified atom stereocenters. The second kappa shape index (κ2) is 5.85. The Kier molecular flexibility index (Phi) is 4.18. The van der Waals surface area contributed by atoms with Crippen LogP contribution in [0, 0.1) is 11.8 Å². The Labute approximate surface area is 113 Å². The summed E-state index contributed by atoms with van der Waals surface area (Å²) in [6.45, 7) is 1.85. The first kappa shape index (κ1) is 13.6. The minimum Gasteiger partial charge on any atom is -0.384 e. The van der Waals surface area contributed by atoms with Crippen LogP contribution in [0.15, 0.2) is 18.5 Å². The average Bonchev–Trinajstić information content (AvgIpc) is 2.83. The largest absolute Gasteiger partial charge is 0.384 e. The number of rotatable bonds is 2. The van der Waals surface area contributed by atoms with Crippen molar-refractivity contribution in [2.75, 3.05) is 6.61 Å². The summed E-state index contributed by atoms with van der Waals surface area (Å²) in [5.74, 6) is 5.19. The molecule has 0 aromatic carbocycles. The van der Waals surface area contributed by atoms with E-state index >= 15 is 0 Å². The van der Waals surface area contributed by atoms with Crippen molar-refractivity contribution >= 4 is 5.91 Å². The predicted molar refractivity (Wildman–Crippen MR) is 72.5 cm³/mol. The summed E-state index contributed by atoms with van der Waals surface area (Å²) in [6, 6.07) is 1.66. The molecule has 4 heteroatoms. The molecule has 0 bridgehead atoms. The molecular weight excluding hydrogens is 240 g/mol. The molecule has 1 fully saturated rings. The van der Waals surface area contributed by atoms with E-state index in [4.69, 9.17) is 5.11 Å². The van der Waals surface area contributed by atoms with Crippen LogP contribution in [-0.4, -0.2) is 28.1 Å². The van der Waals surface area contributed by atoms with E-state index < -0.39 is 0 Å². The number of aliphatic hydroxyl groups is 1. The van der Waals surface area contributed by atoms with Gasteiger partial charge in [-0.15, -0.1) is 0 Å². The average molecular weight is 258 g/mol. The van der Waals surface area contributed by atoms with Crippen LogP contribution >= 0.6 is 0 Å². The van der Waals surface area contributed by atoms with Crippen LogP contribution in [-0.2, 0) is 0 Å². The Bertz CT molecular complexity index is 522. The summed E-state index contributed by atoms with van der Waals surface area (Å²) < 4.78 is 0. The van der Waals surface area contributed by atoms with Crippen molar-refractivity contribution in [2.24, 2.45) is 0 Å². The number of carbonyl (C=O) groups excluding carboxylic acids is 1. The van der Waals surface area contributed by atoms with Crippen LogP contribution in [0.3, 0.4) is 0 Å². The standard InChI is InChI=1S/C15H18N2O2/c1-15(7-2-3-8-15)17-14(19)13-6-9-16-11-12(13)5-4-10-18/h6,9,11,18H,2-3,7-8,10H2,1H3,(H,17,19). The third kappa shape index (κ3) is 3.33. The number of amides is 1. The number of aromatic nitrogens is 1. The van der Waals surface area contributed by atoms with Gasteiger partial charge in [-0.3, -0.25) is 9.78 Å². The highest BCUT2D eigenvalue weighted by Crippen LogP contribution is 2.29. The van der Waals surface area contributed by atoms with Crippen LogP contribution in [0.25, 0.3) is 0 Å². The molecule has 19 heavy (non-hydrogen) atoms. The summed E-state index contributed by atoms with van der Waals surface area (Å²) in [5.41, 5.74) is 0.960. The second-order valence-corrected chi connectivity index (χ2v) is 5.10. The number of hydrogen-bond donors (Lipinski definition) is 2. The molecule has 2 rings (SSSR count). The molecule has 1 aromatic rings. The molecule has 4 nitrogen and oxygen atoms in total. The van der Waals surface area contributed by atoms with Gasteiger partial charge < -0.3 is 10.4 Å². The normalized spacial score (nSPS) is 16.5. The third-order valence-corrected chi connectivity index (χ3v) is 3.49. The zero-order valence-electron chi connectivity index (χ0n) is 11.1. The van der Waals surface area contributed by atoms with Gasteiger partial charge in [0.1, 0.15) is 6.61 Å². The third-order valence-electron chi connectivity index (χ3n) is 3.49. The van der Waals surface area contributed by atoms with Gasteiger partial charge in [0.2, 0.25) is 0 Å². The molecule has 1 saturated carbocycles. The number of pyridine rings is 1. The number of nitrogens with zero attached hydrogens (tertiary/aromatic N) is 1. The topological polar surface area (TPSA) is 62.2 Å². The van der Waals surface area contributed by atoms with Gasteiger partial charge in [-0.25, -0.2) is 0 Å². The first-order valence-corrected chi connectivity index (χ1v) is 6.51. The number of hydrogen-bond acceptors (Lipinski definition) is 3. The molecule has 0 saturated heterocycles. The Morgan fingerprint density at radius 1 is 1.53 bits per heavy atom. The quantitative estimate of drug-likeness (QED) is 0.790. The SMILES string of the molecule is CC1(NC(=O)c2ccncc2C#CCO)CCCC1. The van der Waals surface area contributed by atoms with Gasteiger partial charge in [0.15, 0.2) is 0 Å². The molecular formula is C15H18N2O2. The zero-order valence-corrected chi connectivity index (χ0v) is 11.1. The smallest absolute Gasteiger partial charge is 0.253 e. The first-order chi connectivity index (χ1) is 9.14. The Morgan fingerprint density at radius 3 is 2.95 bits per heavy atom. The van der Waals surface area contributed by atoms with Crippen molar-refractivity contribution in [3.8, 4) is 11.8 Å². The maximum absolute atomic E-state index is 12.3. The molecule has 1 aliphatic rings. The van der Waals surface area contributed by atoms with Crippen LogP contribution in [0.2, 0.25) is 0 Å². The van der Waals surface area contributed by atoms with Crippen molar-refractivity contribution in [3.63, 3.8) is 0 Å². The summed E-state index contributed by atoms with van der Waals surface area (Å²) in [4.78, 5) is 16.3. The lowest BCUT2D eigenvalue weighted by atomic mass is 9.99. The molecule has 1 amide bonds. The lowest BCUT2D eigenvalue weighted by Crippen LogP contribution is -2.43. The van der Waals surface area contributed by atoms with Gasteiger partial charge in [0, 0.05) is 17.9 Å². The van der Waals surface area contributed by atoms with Gasteiger partial charge in [-0.05, 0) is 25.8 Å². The van der Waals surface area contributed by atoms with Gasteiger partial charge in [-0.1, -0.05) is 24.7 Å². The van der Waals surface area contributed by atoms with Crippen LogP contribution in [0.5, 0.6) is 0 Å². The molecule has 1 heterocycles. The maximum atomic E-state index is 12.3. The highest BCUT2D eigenvalue weighted by Gasteiger charge is 2.30. The molecule has 2 N–H and O–H groups in total. The van der Waals surface area contributed by atoms with E-state index in [2.05, 4.69) is 29.1 Å².